The average Bonchev–Trinajstić information content (AvgIpc) is 2.81. The van der Waals surface area contributed by atoms with Crippen LogP contribution in [0.2, 0.25) is 0 Å². The third-order valence-electron chi connectivity index (χ3n) is 2.48. The van der Waals surface area contributed by atoms with Gasteiger partial charge in [-0.3, -0.25) is 4.99 Å². The molecule has 0 saturated carbocycles. The molecule has 0 aliphatic carbocycles. The first kappa shape index (κ1) is 10.7. The smallest absolute Gasteiger partial charge is 0.162 e. The molecule has 0 aromatic heterocycles. The van der Waals surface area contributed by atoms with E-state index in [1.165, 1.54) is 5.56 Å². The number of benzene rings is 1. The molecule has 1 aliphatic heterocycles. The summed E-state index contributed by atoms with van der Waals surface area (Å²) in [4.78, 5) is 6.20. The molecule has 0 amide bonds. The Labute approximate surface area is 96.1 Å². The van der Waals surface area contributed by atoms with Gasteiger partial charge in [0.05, 0.1) is 12.9 Å². The van der Waals surface area contributed by atoms with Gasteiger partial charge in [0.15, 0.2) is 6.73 Å². The minimum atomic E-state index is 0.567. The molecular weight excluding hydrogens is 200 g/mol. The van der Waals surface area contributed by atoms with Gasteiger partial charge in [-0.1, -0.05) is 24.3 Å². The minimum absolute atomic E-state index is 0.567. The molecule has 0 N–H and O–H groups in total. The van der Waals surface area contributed by atoms with E-state index in [2.05, 4.69) is 22.5 Å². The van der Waals surface area contributed by atoms with Crippen molar-refractivity contribution in [2.75, 3.05) is 19.8 Å². The molecular formula is C13H16N2O. The zero-order chi connectivity index (χ0) is 11.2. The first-order valence-corrected chi connectivity index (χ1v) is 5.46. The van der Waals surface area contributed by atoms with E-state index >= 15 is 0 Å². The Hall–Kier alpha value is -1.77. The first-order chi connectivity index (χ1) is 7.90. The van der Waals surface area contributed by atoms with Crippen molar-refractivity contribution in [1.82, 2.24) is 4.90 Å². The van der Waals surface area contributed by atoms with E-state index in [9.17, 15) is 0 Å². The molecule has 0 fully saturated rings. The molecule has 1 aliphatic rings. The normalized spacial score (nSPS) is 14.1. The van der Waals surface area contributed by atoms with Crippen LogP contribution in [0.4, 0.5) is 0 Å². The molecule has 1 heterocycles. The van der Waals surface area contributed by atoms with E-state index in [-0.39, 0.29) is 0 Å². The van der Waals surface area contributed by atoms with Gasteiger partial charge in [-0.25, -0.2) is 0 Å². The predicted octanol–water partition coefficient (Wildman–Crippen LogP) is 2.10. The monoisotopic (exact) mass is 216 g/mol. The molecule has 1 aromatic rings. The molecule has 1 aromatic carbocycles. The number of rotatable bonds is 5. The van der Waals surface area contributed by atoms with Crippen LogP contribution in [0.5, 0.6) is 5.75 Å². The zero-order valence-electron chi connectivity index (χ0n) is 9.30. The highest BCUT2D eigenvalue weighted by Crippen LogP contribution is 2.18. The molecule has 0 saturated heterocycles. The summed E-state index contributed by atoms with van der Waals surface area (Å²) < 4.78 is 5.76. The SMILES string of the molecule is C=CCc1ccccc1OCN1C=NCC1. The van der Waals surface area contributed by atoms with Crippen LogP contribution in [-0.4, -0.2) is 31.1 Å². The van der Waals surface area contributed by atoms with Gasteiger partial charge < -0.3 is 9.64 Å². The first-order valence-electron chi connectivity index (χ1n) is 5.46. The molecule has 0 unspecified atom stereocenters. The van der Waals surface area contributed by atoms with Crippen LogP contribution < -0.4 is 4.74 Å². The lowest BCUT2D eigenvalue weighted by Gasteiger charge is -2.16. The summed E-state index contributed by atoms with van der Waals surface area (Å²) in [5, 5.41) is 0. The summed E-state index contributed by atoms with van der Waals surface area (Å²) in [7, 11) is 0. The molecule has 0 radical (unpaired) electrons. The molecule has 84 valence electrons. The number of aliphatic imine (C=N–C) groups is 1. The Morgan fingerprint density at radius 2 is 2.31 bits per heavy atom. The lowest BCUT2D eigenvalue weighted by atomic mass is 10.1. The standard InChI is InChI=1S/C13H16N2O/c1-2-5-12-6-3-4-7-13(12)16-11-15-9-8-14-10-15/h2-4,6-7,10H,1,5,8-9,11H2. The van der Waals surface area contributed by atoms with Gasteiger partial charge in [-0.15, -0.1) is 6.58 Å². The number of allylic oxidation sites excluding steroid dienone is 1. The topological polar surface area (TPSA) is 24.8 Å². The van der Waals surface area contributed by atoms with Gasteiger partial charge in [0.25, 0.3) is 0 Å². The molecule has 0 atom stereocenters. The summed E-state index contributed by atoms with van der Waals surface area (Å²) in [5.41, 5.74) is 1.17. The van der Waals surface area contributed by atoms with Gasteiger partial charge in [0, 0.05) is 6.54 Å². The van der Waals surface area contributed by atoms with Crippen LogP contribution in [0.25, 0.3) is 0 Å². The quantitative estimate of drug-likeness (QED) is 0.704. The van der Waals surface area contributed by atoms with Crippen molar-refractivity contribution < 1.29 is 4.74 Å². The molecule has 2 rings (SSSR count). The van der Waals surface area contributed by atoms with Crippen LogP contribution in [0.3, 0.4) is 0 Å². The van der Waals surface area contributed by atoms with Gasteiger partial charge in [0.2, 0.25) is 0 Å². The second-order valence-corrected chi connectivity index (χ2v) is 3.71. The van der Waals surface area contributed by atoms with E-state index < -0.39 is 0 Å². The van der Waals surface area contributed by atoms with Crippen LogP contribution in [-0.2, 0) is 6.42 Å². The Kier molecular flexibility index (Phi) is 3.59. The van der Waals surface area contributed by atoms with Crippen LogP contribution >= 0.6 is 0 Å². The number of nitrogens with zero attached hydrogens (tertiary/aromatic N) is 2. The lowest BCUT2D eigenvalue weighted by Crippen LogP contribution is -2.25. The number of ether oxygens (including phenoxy) is 1. The lowest BCUT2D eigenvalue weighted by molar-refractivity contribution is 0.204. The number of para-hydroxylation sites is 1. The van der Waals surface area contributed by atoms with Crippen LogP contribution in [0, 0.1) is 0 Å². The van der Waals surface area contributed by atoms with E-state index in [0.717, 1.165) is 25.3 Å². The molecule has 3 nitrogen and oxygen atoms in total. The number of hydrogen-bond acceptors (Lipinski definition) is 3. The maximum absolute atomic E-state index is 5.76. The van der Waals surface area contributed by atoms with Crippen molar-refractivity contribution in [3.8, 4) is 5.75 Å². The van der Waals surface area contributed by atoms with Gasteiger partial charge >= 0.3 is 0 Å². The third kappa shape index (κ3) is 2.63. The zero-order valence-corrected chi connectivity index (χ0v) is 9.30. The van der Waals surface area contributed by atoms with E-state index in [1.54, 1.807) is 0 Å². The molecule has 16 heavy (non-hydrogen) atoms. The number of hydrogen-bond donors (Lipinski definition) is 0. The van der Waals surface area contributed by atoms with E-state index in [1.807, 2.05) is 30.6 Å². The predicted molar refractivity (Wildman–Crippen MR) is 65.9 cm³/mol. The fourth-order valence-corrected chi connectivity index (χ4v) is 1.64. The Morgan fingerprint density at radius 1 is 1.44 bits per heavy atom. The van der Waals surface area contributed by atoms with Crippen molar-refractivity contribution in [3.63, 3.8) is 0 Å². The summed E-state index contributed by atoms with van der Waals surface area (Å²) in [6.45, 7) is 6.14. The molecule has 3 heteroatoms. The summed E-state index contributed by atoms with van der Waals surface area (Å²) in [6, 6.07) is 8.06. The maximum atomic E-state index is 5.76. The third-order valence-corrected chi connectivity index (χ3v) is 2.48. The highest BCUT2D eigenvalue weighted by atomic mass is 16.5. The Morgan fingerprint density at radius 3 is 3.06 bits per heavy atom. The van der Waals surface area contributed by atoms with Crippen molar-refractivity contribution >= 4 is 6.34 Å². The van der Waals surface area contributed by atoms with E-state index in [4.69, 9.17) is 4.74 Å². The Balaban J connectivity index is 1.96. The van der Waals surface area contributed by atoms with Crippen LogP contribution in [0.1, 0.15) is 5.56 Å². The second-order valence-electron chi connectivity index (χ2n) is 3.71. The molecule has 0 bridgehead atoms. The summed E-state index contributed by atoms with van der Waals surface area (Å²) >= 11 is 0. The second kappa shape index (κ2) is 5.35. The van der Waals surface area contributed by atoms with E-state index in [0.29, 0.717) is 6.73 Å². The van der Waals surface area contributed by atoms with Crippen molar-refractivity contribution in [2.45, 2.75) is 6.42 Å². The van der Waals surface area contributed by atoms with Gasteiger partial charge in [-0.2, -0.15) is 0 Å². The largest absolute Gasteiger partial charge is 0.473 e. The fourth-order valence-electron chi connectivity index (χ4n) is 1.64. The van der Waals surface area contributed by atoms with Crippen molar-refractivity contribution in [2.24, 2.45) is 4.99 Å². The Bertz CT molecular complexity index is 387. The van der Waals surface area contributed by atoms with Crippen molar-refractivity contribution in [1.29, 1.82) is 0 Å². The molecule has 0 spiro atoms. The van der Waals surface area contributed by atoms with Gasteiger partial charge in [-0.05, 0) is 18.1 Å². The van der Waals surface area contributed by atoms with Crippen LogP contribution in [0.15, 0.2) is 41.9 Å². The summed E-state index contributed by atoms with van der Waals surface area (Å²) in [5.74, 6) is 0.933. The van der Waals surface area contributed by atoms with Crippen molar-refractivity contribution in [3.05, 3.63) is 42.5 Å². The fraction of sp³-hybridized carbons (Fsp3) is 0.308. The average molecular weight is 216 g/mol. The highest BCUT2D eigenvalue weighted by molar-refractivity contribution is 5.56. The highest BCUT2D eigenvalue weighted by Gasteiger charge is 2.07. The maximum Gasteiger partial charge on any atom is 0.162 e. The summed E-state index contributed by atoms with van der Waals surface area (Å²) in [6.07, 6.45) is 4.57. The van der Waals surface area contributed by atoms with Gasteiger partial charge in [0.1, 0.15) is 5.75 Å². The minimum Gasteiger partial charge on any atom is -0.473 e.